The molecule has 0 aliphatic rings. The summed E-state index contributed by atoms with van der Waals surface area (Å²) in [5, 5.41) is -0.439. The quantitative estimate of drug-likeness (QED) is 0.115. The second-order valence-corrected chi connectivity index (χ2v) is 8.08. The van der Waals surface area contributed by atoms with Crippen molar-refractivity contribution in [1.82, 2.24) is 4.98 Å². The highest BCUT2D eigenvalue weighted by Gasteiger charge is 2.22. The Morgan fingerprint density at radius 3 is 1.80 bits per heavy atom. The van der Waals surface area contributed by atoms with Crippen LogP contribution >= 0.6 is 0 Å². The second kappa shape index (κ2) is 8.80. The van der Waals surface area contributed by atoms with Gasteiger partial charge in [0.05, 0.1) is 5.69 Å². The third-order valence-electron chi connectivity index (χ3n) is 5.91. The van der Waals surface area contributed by atoms with E-state index in [-0.39, 0.29) is 11.5 Å². The number of hydrogen-bond donors (Lipinski definition) is 0. The van der Waals surface area contributed by atoms with Crippen LogP contribution in [0.3, 0.4) is 0 Å². The van der Waals surface area contributed by atoms with Crippen LogP contribution in [0.1, 0.15) is 17.3 Å². The first-order chi connectivity index (χ1) is 16.9. The molecule has 0 radical (unpaired) electrons. The van der Waals surface area contributed by atoms with Crippen molar-refractivity contribution in [2.45, 2.75) is 6.92 Å². The van der Waals surface area contributed by atoms with Crippen LogP contribution in [0.25, 0.3) is 44.4 Å². The van der Waals surface area contributed by atoms with Crippen LogP contribution in [0.4, 0.5) is 17.6 Å². The highest BCUT2D eigenvalue weighted by Crippen LogP contribution is 2.34. The van der Waals surface area contributed by atoms with Crippen LogP contribution in [-0.2, 0) is 0 Å². The monoisotopic (exact) mass is 471 g/mol. The van der Waals surface area contributed by atoms with E-state index in [9.17, 15) is 22.4 Å². The number of halogens is 4. The molecule has 0 unspecified atom stereocenters. The summed E-state index contributed by atoms with van der Waals surface area (Å²) in [6, 6.07) is 24.9. The number of rotatable bonds is 4. The SMILES string of the molecule is CC(=O)c1c(-c2ccccc2)cccc1-c1ccc(-c2ccc3c(F)c(F)c(F)c(F)c3n2)cc1. The normalized spacial score (nSPS) is 11.1. The van der Waals surface area contributed by atoms with Crippen LogP contribution in [0.15, 0.2) is 84.9 Å². The average Bonchev–Trinajstić information content (AvgIpc) is 2.90. The van der Waals surface area contributed by atoms with Crippen molar-refractivity contribution in [1.29, 1.82) is 0 Å². The number of pyridine rings is 1. The summed E-state index contributed by atoms with van der Waals surface area (Å²) in [4.78, 5) is 16.7. The standard InChI is InChI=1S/C29H17F4NO/c1-16(35)24-20(17-6-3-2-4-7-17)8-5-9-21(24)18-10-12-19(13-11-18)23-15-14-22-25(30)26(31)27(32)28(33)29(22)34-23/h2-15H,1H3. The maximum absolute atomic E-state index is 14.2. The van der Waals surface area contributed by atoms with Gasteiger partial charge in [-0.15, -0.1) is 0 Å². The summed E-state index contributed by atoms with van der Waals surface area (Å²) >= 11 is 0. The number of benzene rings is 4. The van der Waals surface area contributed by atoms with Crippen molar-refractivity contribution in [3.05, 3.63) is 114 Å². The fourth-order valence-electron chi connectivity index (χ4n) is 4.23. The van der Waals surface area contributed by atoms with E-state index in [2.05, 4.69) is 4.98 Å². The highest BCUT2D eigenvalue weighted by atomic mass is 19.2. The predicted octanol–water partition coefficient (Wildman–Crippen LogP) is 7.99. The van der Waals surface area contributed by atoms with Crippen LogP contribution in [0, 0.1) is 23.3 Å². The minimum absolute atomic E-state index is 0.0773. The Hall–Kier alpha value is -4.32. The smallest absolute Gasteiger partial charge is 0.199 e. The highest BCUT2D eigenvalue weighted by molar-refractivity contribution is 6.07. The number of ketones is 1. The van der Waals surface area contributed by atoms with Gasteiger partial charge in [-0.2, -0.15) is 0 Å². The zero-order chi connectivity index (χ0) is 24.7. The topological polar surface area (TPSA) is 30.0 Å². The van der Waals surface area contributed by atoms with Crippen LogP contribution in [0.5, 0.6) is 0 Å². The molecular weight excluding hydrogens is 454 g/mol. The molecule has 0 saturated heterocycles. The molecule has 5 rings (SSSR count). The maximum Gasteiger partial charge on any atom is 0.199 e. The first-order valence-corrected chi connectivity index (χ1v) is 10.8. The molecule has 0 atom stereocenters. The largest absolute Gasteiger partial charge is 0.294 e. The van der Waals surface area contributed by atoms with E-state index in [0.29, 0.717) is 11.1 Å². The zero-order valence-electron chi connectivity index (χ0n) is 18.5. The van der Waals surface area contributed by atoms with Crippen LogP contribution in [-0.4, -0.2) is 10.8 Å². The van der Waals surface area contributed by atoms with Crippen molar-refractivity contribution >= 4 is 16.7 Å². The van der Waals surface area contributed by atoms with Gasteiger partial charge in [0.1, 0.15) is 5.52 Å². The first kappa shape index (κ1) is 22.5. The van der Waals surface area contributed by atoms with Crippen molar-refractivity contribution in [3.63, 3.8) is 0 Å². The third-order valence-corrected chi connectivity index (χ3v) is 5.91. The molecule has 0 N–H and O–H groups in total. The van der Waals surface area contributed by atoms with Gasteiger partial charge in [0.15, 0.2) is 29.1 Å². The number of carbonyl (C=O) groups excluding carboxylic acids is 1. The lowest BCUT2D eigenvalue weighted by Crippen LogP contribution is -2.01. The Balaban J connectivity index is 1.59. The van der Waals surface area contributed by atoms with Crippen molar-refractivity contribution in [2.75, 3.05) is 0 Å². The lowest BCUT2D eigenvalue weighted by atomic mass is 9.89. The Kier molecular flexibility index (Phi) is 5.65. The van der Waals surface area contributed by atoms with Gasteiger partial charge in [-0.25, -0.2) is 22.5 Å². The molecule has 0 bridgehead atoms. The molecular formula is C29H17F4NO. The van der Waals surface area contributed by atoms with Crippen LogP contribution in [0.2, 0.25) is 0 Å². The number of aromatic nitrogens is 1. The Morgan fingerprint density at radius 2 is 1.17 bits per heavy atom. The Morgan fingerprint density at radius 1 is 0.600 bits per heavy atom. The molecule has 4 aromatic carbocycles. The minimum Gasteiger partial charge on any atom is -0.294 e. The average molecular weight is 471 g/mol. The van der Waals surface area contributed by atoms with Gasteiger partial charge in [-0.05, 0) is 41.3 Å². The lowest BCUT2D eigenvalue weighted by molar-refractivity contribution is 0.101. The number of hydrogen-bond acceptors (Lipinski definition) is 2. The zero-order valence-corrected chi connectivity index (χ0v) is 18.5. The molecule has 0 aliphatic heterocycles. The van der Waals surface area contributed by atoms with E-state index in [1.807, 2.05) is 48.5 Å². The third kappa shape index (κ3) is 3.87. The Labute approximate surface area is 198 Å². The molecule has 0 saturated carbocycles. The van der Waals surface area contributed by atoms with E-state index in [4.69, 9.17) is 0 Å². The predicted molar refractivity (Wildman–Crippen MR) is 128 cm³/mol. The van der Waals surface area contributed by atoms with Gasteiger partial charge in [0, 0.05) is 16.5 Å². The summed E-state index contributed by atoms with van der Waals surface area (Å²) < 4.78 is 55.5. The van der Waals surface area contributed by atoms with Gasteiger partial charge in [0.2, 0.25) is 0 Å². The van der Waals surface area contributed by atoms with E-state index in [1.165, 1.54) is 19.1 Å². The molecule has 0 amide bonds. The fourth-order valence-corrected chi connectivity index (χ4v) is 4.23. The van der Waals surface area contributed by atoms with Gasteiger partial charge >= 0.3 is 0 Å². The van der Waals surface area contributed by atoms with E-state index in [1.54, 1.807) is 24.3 Å². The number of carbonyl (C=O) groups is 1. The van der Waals surface area contributed by atoms with Gasteiger partial charge in [-0.3, -0.25) is 4.79 Å². The number of nitrogens with zero attached hydrogens (tertiary/aromatic N) is 1. The van der Waals surface area contributed by atoms with E-state index < -0.39 is 34.2 Å². The van der Waals surface area contributed by atoms with Gasteiger partial charge < -0.3 is 0 Å². The van der Waals surface area contributed by atoms with Crippen molar-refractivity contribution in [3.8, 4) is 33.5 Å². The summed E-state index contributed by atoms with van der Waals surface area (Å²) in [5.41, 5.74) is 4.10. The molecule has 5 aromatic rings. The summed E-state index contributed by atoms with van der Waals surface area (Å²) in [6.07, 6.45) is 0. The molecule has 2 nitrogen and oxygen atoms in total. The van der Waals surface area contributed by atoms with Gasteiger partial charge in [0.25, 0.3) is 0 Å². The molecule has 0 spiro atoms. The maximum atomic E-state index is 14.2. The van der Waals surface area contributed by atoms with E-state index >= 15 is 0 Å². The molecule has 172 valence electrons. The first-order valence-electron chi connectivity index (χ1n) is 10.8. The Bertz CT molecular complexity index is 1600. The van der Waals surface area contributed by atoms with Gasteiger partial charge in [-0.1, -0.05) is 72.8 Å². The number of Topliss-reactive ketones (excluding diaryl/α,β-unsaturated/α-hetero) is 1. The van der Waals surface area contributed by atoms with Crippen LogP contribution < -0.4 is 0 Å². The molecule has 35 heavy (non-hydrogen) atoms. The minimum atomic E-state index is -1.90. The van der Waals surface area contributed by atoms with Crippen molar-refractivity contribution in [2.24, 2.45) is 0 Å². The summed E-state index contributed by atoms with van der Waals surface area (Å²) in [7, 11) is 0. The van der Waals surface area contributed by atoms with Crippen molar-refractivity contribution < 1.29 is 22.4 Å². The fraction of sp³-hybridized carbons (Fsp3) is 0.0345. The molecule has 0 aliphatic carbocycles. The molecule has 1 heterocycles. The molecule has 0 fully saturated rings. The van der Waals surface area contributed by atoms with E-state index in [0.717, 1.165) is 22.3 Å². The molecule has 6 heteroatoms. The lowest BCUT2D eigenvalue weighted by Gasteiger charge is -2.14. The molecule has 1 aromatic heterocycles. The number of fused-ring (bicyclic) bond motifs is 1. The summed E-state index contributed by atoms with van der Waals surface area (Å²) in [5.74, 6) is -6.87. The summed E-state index contributed by atoms with van der Waals surface area (Å²) in [6.45, 7) is 1.52. The second-order valence-electron chi connectivity index (χ2n) is 8.08.